The van der Waals surface area contributed by atoms with E-state index in [1.165, 1.54) is 6.42 Å². The molecular formula is C11H19NOS. The van der Waals surface area contributed by atoms with Gasteiger partial charge in [-0.1, -0.05) is 6.92 Å². The highest BCUT2D eigenvalue weighted by Gasteiger charge is 2.01. The summed E-state index contributed by atoms with van der Waals surface area (Å²) in [6.07, 6.45) is 2.93. The van der Waals surface area contributed by atoms with Gasteiger partial charge in [0.15, 0.2) is 0 Å². The van der Waals surface area contributed by atoms with E-state index in [4.69, 9.17) is 4.42 Å². The van der Waals surface area contributed by atoms with Crippen LogP contribution in [0.1, 0.15) is 26.0 Å². The highest BCUT2D eigenvalue weighted by atomic mass is 32.2. The van der Waals surface area contributed by atoms with Crippen molar-refractivity contribution in [2.75, 3.05) is 12.3 Å². The molecule has 14 heavy (non-hydrogen) atoms. The number of furan rings is 1. The second kappa shape index (κ2) is 6.96. The lowest BCUT2D eigenvalue weighted by atomic mass is 10.3. The summed E-state index contributed by atoms with van der Waals surface area (Å²) in [6.45, 7) is 5.53. The second-order valence-electron chi connectivity index (χ2n) is 3.45. The molecule has 0 saturated carbocycles. The predicted octanol–water partition coefficient (Wildman–Crippen LogP) is 2.90. The minimum absolute atomic E-state index is 0.593. The highest BCUT2D eigenvalue weighted by Crippen LogP contribution is 2.13. The number of hydrogen-bond donors (Lipinski definition) is 1. The highest BCUT2D eigenvalue weighted by molar-refractivity contribution is 7.98. The van der Waals surface area contributed by atoms with Crippen molar-refractivity contribution in [2.45, 2.75) is 32.1 Å². The van der Waals surface area contributed by atoms with Crippen molar-refractivity contribution in [1.82, 2.24) is 5.32 Å². The summed E-state index contributed by atoms with van der Waals surface area (Å²) in [7, 11) is 0. The van der Waals surface area contributed by atoms with Crippen LogP contribution in [0.25, 0.3) is 0 Å². The Morgan fingerprint density at radius 2 is 2.43 bits per heavy atom. The largest absolute Gasteiger partial charge is 0.468 e. The first kappa shape index (κ1) is 11.7. The van der Waals surface area contributed by atoms with E-state index in [1.807, 2.05) is 23.9 Å². The Kier molecular flexibility index (Phi) is 5.80. The van der Waals surface area contributed by atoms with E-state index in [0.717, 1.165) is 23.8 Å². The van der Waals surface area contributed by atoms with E-state index in [-0.39, 0.29) is 0 Å². The predicted molar refractivity (Wildman–Crippen MR) is 62.6 cm³/mol. The molecule has 0 amide bonds. The van der Waals surface area contributed by atoms with Crippen LogP contribution < -0.4 is 5.32 Å². The molecule has 3 heteroatoms. The van der Waals surface area contributed by atoms with Gasteiger partial charge in [0.25, 0.3) is 0 Å². The van der Waals surface area contributed by atoms with Crippen molar-refractivity contribution in [2.24, 2.45) is 0 Å². The number of thioether (sulfide) groups is 1. The standard InChI is InChI=1S/C11H19NOS/c1-3-6-12-10(2)8-14-9-11-5-4-7-13-11/h4-5,7,10,12H,3,6,8-9H2,1-2H3. The first-order valence-electron chi connectivity index (χ1n) is 5.16. The molecule has 0 bridgehead atoms. The zero-order chi connectivity index (χ0) is 10.2. The molecule has 1 N–H and O–H groups in total. The number of rotatable bonds is 7. The van der Waals surface area contributed by atoms with Crippen LogP contribution in [0, 0.1) is 0 Å². The van der Waals surface area contributed by atoms with Gasteiger partial charge in [0.1, 0.15) is 5.76 Å². The molecule has 0 aromatic carbocycles. The lowest BCUT2D eigenvalue weighted by molar-refractivity contribution is 0.530. The normalized spacial score (nSPS) is 13.0. The molecular weight excluding hydrogens is 194 g/mol. The Morgan fingerprint density at radius 3 is 3.07 bits per heavy atom. The minimum Gasteiger partial charge on any atom is -0.468 e. The lowest BCUT2D eigenvalue weighted by Gasteiger charge is -2.11. The van der Waals surface area contributed by atoms with E-state index in [0.29, 0.717) is 6.04 Å². The summed E-state index contributed by atoms with van der Waals surface area (Å²) < 4.78 is 5.26. The van der Waals surface area contributed by atoms with Gasteiger partial charge in [-0.05, 0) is 32.0 Å². The fourth-order valence-corrected chi connectivity index (χ4v) is 2.14. The van der Waals surface area contributed by atoms with Crippen LogP contribution >= 0.6 is 11.8 Å². The van der Waals surface area contributed by atoms with Crippen molar-refractivity contribution in [3.8, 4) is 0 Å². The van der Waals surface area contributed by atoms with Crippen LogP contribution in [0.5, 0.6) is 0 Å². The zero-order valence-corrected chi connectivity index (χ0v) is 9.77. The van der Waals surface area contributed by atoms with Gasteiger partial charge in [-0.3, -0.25) is 0 Å². The maximum absolute atomic E-state index is 5.26. The van der Waals surface area contributed by atoms with Crippen molar-refractivity contribution < 1.29 is 4.42 Å². The third-order valence-corrected chi connectivity index (χ3v) is 3.16. The van der Waals surface area contributed by atoms with Crippen LogP contribution in [-0.2, 0) is 5.75 Å². The van der Waals surface area contributed by atoms with Crippen LogP contribution in [0.3, 0.4) is 0 Å². The molecule has 1 rings (SSSR count). The monoisotopic (exact) mass is 213 g/mol. The van der Waals surface area contributed by atoms with Gasteiger partial charge in [-0.15, -0.1) is 0 Å². The Bertz CT molecular complexity index is 223. The fourth-order valence-electron chi connectivity index (χ4n) is 1.18. The van der Waals surface area contributed by atoms with E-state index in [2.05, 4.69) is 19.2 Å². The van der Waals surface area contributed by atoms with Crippen molar-refractivity contribution in [3.63, 3.8) is 0 Å². The van der Waals surface area contributed by atoms with Gasteiger partial charge < -0.3 is 9.73 Å². The molecule has 0 spiro atoms. The average Bonchev–Trinajstić information content (AvgIpc) is 2.67. The average molecular weight is 213 g/mol. The van der Waals surface area contributed by atoms with Crippen LogP contribution in [0.15, 0.2) is 22.8 Å². The van der Waals surface area contributed by atoms with Crippen molar-refractivity contribution >= 4 is 11.8 Å². The Labute approximate surface area is 90.5 Å². The lowest BCUT2D eigenvalue weighted by Crippen LogP contribution is -2.28. The van der Waals surface area contributed by atoms with E-state index >= 15 is 0 Å². The summed E-state index contributed by atoms with van der Waals surface area (Å²) in [6, 6.07) is 4.56. The van der Waals surface area contributed by atoms with Gasteiger partial charge in [0.05, 0.1) is 12.0 Å². The molecule has 0 fully saturated rings. The van der Waals surface area contributed by atoms with Gasteiger partial charge in [0.2, 0.25) is 0 Å². The van der Waals surface area contributed by atoms with Crippen LogP contribution in [-0.4, -0.2) is 18.3 Å². The zero-order valence-electron chi connectivity index (χ0n) is 8.95. The van der Waals surface area contributed by atoms with Gasteiger partial charge >= 0.3 is 0 Å². The Hall–Kier alpha value is -0.410. The van der Waals surface area contributed by atoms with Gasteiger partial charge in [0, 0.05) is 11.8 Å². The van der Waals surface area contributed by atoms with Crippen molar-refractivity contribution in [1.29, 1.82) is 0 Å². The Balaban J connectivity index is 2.03. The SMILES string of the molecule is CCCNC(C)CSCc1ccco1. The molecule has 0 saturated heterocycles. The summed E-state index contributed by atoms with van der Waals surface area (Å²) in [5, 5.41) is 3.46. The summed E-state index contributed by atoms with van der Waals surface area (Å²) in [5.41, 5.74) is 0. The summed E-state index contributed by atoms with van der Waals surface area (Å²) in [4.78, 5) is 0. The Morgan fingerprint density at radius 1 is 1.57 bits per heavy atom. The topological polar surface area (TPSA) is 25.2 Å². The van der Waals surface area contributed by atoms with Crippen LogP contribution in [0.4, 0.5) is 0 Å². The molecule has 80 valence electrons. The molecule has 1 aromatic heterocycles. The molecule has 1 aromatic rings. The first-order valence-corrected chi connectivity index (χ1v) is 6.32. The van der Waals surface area contributed by atoms with E-state index in [9.17, 15) is 0 Å². The van der Waals surface area contributed by atoms with Gasteiger partial charge in [-0.25, -0.2) is 0 Å². The molecule has 1 unspecified atom stereocenters. The summed E-state index contributed by atoms with van der Waals surface area (Å²) >= 11 is 1.91. The van der Waals surface area contributed by atoms with Crippen molar-refractivity contribution in [3.05, 3.63) is 24.2 Å². The third-order valence-electron chi connectivity index (χ3n) is 1.94. The molecule has 1 heterocycles. The minimum atomic E-state index is 0.593. The maximum atomic E-state index is 5.26. The summed E-state index contributed by atoms with van der Waals surface area (Å²) in [5.74, 6) is 3.18. The third kappa shape index (κ3) is 4.72. The molecule has 0 radical (unpaired) electrons. The molecule has 2 nitrogen and oxygen atoms in total. The van der Waals surface area contributed by atoms with E-state index < -0.39 is 0 Å². The number of hydrogen-bond acceptors (Lipinski definition) is 3. The van der Waals surface area contributed by atoms with Crippen LogP contribution in [0.2, 0.25) is 0 Å². The van der Waals surface area contributed by atoms with E-state index in [1.54, 1.807) is 6.26 Å². The quantitative estimate of drug-likeness (QED) is 0.754. The molecule has 1 atom stereocenters. The number of nitrogens with one attached hydrogen (secondary N) is 1. The molecule has 0 aliphatic carbocycles. The first-order chi connectivity index (χ1) is 6.83. The van der Waals surface area contributed by atoms with Gasteiger partial charge in [-0.2, -0.15) is 11.8 Å². The second-order valence-corrected chi connectivity index (χ2v) is 4.48. The smallest absolute Gasteiger partial charge is 0.113 e. The molecule has 0 aliphatic heterocycles. The molecule has 0 aliphatic rings. The fraction of sp³-hybridized carbons (Fsp3) is 0.636. The maximum Gasteiger partial charge on any atom is 0.113 e.